The first-order valence-electron chi connectivity index (χ1n) is 6.70. The van der Waals surface area contributed by atoms with Crippen LogP contribution in [0.3, 0.4) is 0 Å². The Morgan fingerprint density at radius 3 is 2.67 bits per heavy atom. The smallest absolute Gasteiger partial charge is 0.261 e. The van der Waals surface area contributed by atoms with Crippen molar-refractivity contribution in [2.45, 2.75) is 6.92 Å². The maximum Gasteiger partial charge on any atom is 0.261 e. The average molecular weight is 286 g/mol. The number of amides is 1. The summed E-state index contributed by atoms with van der Waals surface area (Å²) >= 11 is 0. The second-order valence-electron chi connectivity index (χ2n) is 4.67. The van der Waals surface area contributed by atoms with Crippen LogP contribution in [-0.4, -0.2) is 31.2 Å². The SMILES string of the molecule is COCCNC(=O)c1cc(-c2ccccc2)c(C)[nH]c1=O. The first-order chi connectivity index (χ1) is 10.1. The van der Waals surface area contributed by atoms with Gasteiger partial charge in [-0.3, -0.25) is 9.59 Å². The van der Waals surface area contributed by atoms with Crippen LogP contribution in [0.1, 0.15) is 16.1 Å². The number of carbonyl (C=O) groups is 1. The van der Waals surface area contributed by atoms with E-state index in [1.807, 2.05) is 37.3 Å². The van der Waals surface area contributed by atoms with Gasteiger partial charge in [-0.2, -0.15) is 0 Å². The van der Waals surface area contributed by atoms with Crippen LogP contribution >= 0.6 is 0 Å². The van der Waals surface area contributed by atoms with Crippen molar-refractivity contribution < 1.29 is 9.53 Å². The van der Waals surface area contributed by atoms with Gasteiger partial charge in [-0.1, -0.05) is 30.3 Å². The van der Waals surface area contributed by atoms with E-state index in [0.29, 0.717) is 13.2 Å². The number of benzene rings is 1. The largest absolute Gasteiger partial charge is 0.383 e. The molecule has 0 saturated heterocycles. The topological polar surface area (TPSA) is 71.2 Å². The number of hydrogen-bond acceptors (Lipinski definition) is 3. The Bertz CT molecular complexity index is 678. The maximum absolute atomic E-state index is 12.0. The van der Waals surface area contributed by atoms with Crippen LogP contribution in [0.4, 0.5) is 0 Å². The molecule has 0 bridgehead atoms. The predicted molar refractivity (Wildman–Crippen MR) is 81.4 cm³/mol. The molecule has 2 aromatic rings. The van der Waals surface area contributed by atoms with Crippen LogP contribution in [0.5, 0.6) is 0 Å². The van der Waals surface area contributed by atoms with Gasteiger partial charge >= 0.3 is 0 Å². The van der Waals surface area contributed by atoms with Gasteiger partial charge in [0.05, 0.1) is 6.61 Å². The second-order valence-corrected chi connectivity index (χ2v) is 4.67. The molecule has 1 aromatic carbocycles. The van der Waals surface area contributed by atoms with Crippen molar-refractivity contribution in [3.05, 3.63) is 58.0 Å². The number of hydrogen-bond donors (Lipinski definition) is 2. The highest BCUT2D eigenvalue weighted by molar-refractivity contribution is 5.95. The zero-order chi connectivity index (χ0) is 15.2. The fraction of sp³-hybridized carbons (Fsp3) is 0.250. The molecular weight excluding hydrogens is 268 g/mol. The molecule has 1 heterocycles. The van der Waals surface area contributed by atoms with Crippen molar-refractivity contribution in [1.29, 1.82) is 0 Å². The number of aromatic nitrogens is 1. The van der Waals surface area contributed by atoms with E-state index in [1.54, 1.807) is 13.2 Å². The molecule has 0 aliphatic carbocycles. The highest BCUT2D eigenvalue weighted by Crippen LogP contribution is 2.21. The van der Waals surface area contributed by atoms with Gasteiger partial charge in [0.15, 0.2) is 0 Å². The van der Waals surface area contributed by atoms with Gasteiger partial charge in [0.25, 0.3) is 11.5 Å². The van der Waals surface area contributed by atoms with Crippen molar-refractivity contribution in [3.63, 3.8) is 0 Å². The van der Waals surface area contributed by atoms with Gasteiger partial charge in [-0.25, -0.2) is 0 Å². The minimum Gasteiger partial charge on any atom is -0.383 e. The van der Waals surface area contributed by atoms with Gasteiger partial charge in [0.1, 0.15) is 5.56 Å². The molecule has 21 heavy (non-hydrogen) atoms. The summed E-state index contributed by atoms with van der Waals surface area (Å²) in [6.07, 6.45) is 0. The first kappa shape index (κ1) is 15.0. The van der Waals surface area contributed by atoms with Crippen LogP contribution in [0, 0.1) is 6.92 Å². The third-order valence-electron chi connectivity index (χ3n) is 3.16. The summed E-state index contributed by atoms with van der Waals surface area (Å²) in [5.41, 5.74) is 2.25. The Labute approximate surface area is 123 Å². The summed E-state index contributed by atoms with van der Waals surface area (Å²) in [4.78, 5) is 26.7. The first-order valence-corrected chi connectivity index (χ1v) is 6.70. The fourth-order valence-electron chi connectivity index (χ4n) is 2.07. The maximum atomic E-state index is 12.0. The molecule has 0 fully saturated rings. The number of methoxy groups -OCH3 is 1. The molecule has 0 unspecified atom stereocenters. The zero-order valence-electron chi connectivity index (χ0n) is 12.1. The van der Waals surface area contributed by atoms with Crippen molar-refractivity contribution in [3.8, 4) is 11.1 Å². The summed E-state index contributed by atoms with van der Waals surface area (Å²) in [6.45, 7) is 2.58. The molecule has 0 saturated carbocycles. The van der Waals surface area contributed by atoms with Gasteiger partial charge in [0.2, 0.25) is 0 Å². The summed E-state index contributed by atoms with van der Waals surface area (Å²) in [5.74, 6) is -0.398. The monoisotopic (exact) mass is 286 g/mol. The molecule has 110 valence electrons. The Balaban J connectivity index is 2.35. The third kappa shape index (κ3) is 3.58. The van der Waals surface area contributed by atoms with Crippen molar-refractivity contribution >= 4 is 5.91 Å². The Morgan fingerprint density at radius 2 is 2.00 bits per heavy atom. The number of H-pyrrole nitrogens is 1. The van der Waals surface area contributed by atoms with Gasteiger partial charge < -0.3 is 15.0 Å². The number of aryl methyl sites for hydroxylation is 1. The molecular formula is C16H18N2O3. The highest BCUT2D eigenvalue weighted by Gasteiger charge is 2.13. The molecule has 1 amide bonds. The Kier molecular flexibility index (Phi) is 4.90. The lowest BCUT2D eigenvalue weighted by atomic mass is 10.0. The summed E-state index contributed by atoms with van der Waals surface area (Å²) < 4.78 is 4.87. The van der Waals surface area contributed by atoms with E-state index in [2.05, 4.69) is 10.3 Å². The third-order valence-corrected chi connectivity index (χ3v) is 3.16. The minimum absolute atomic E-state index is 0.107. The van der Waals surface area contributed by atoms with Crippen LogP contribution < -0.4 is 10.9 Å². The van der Waals surface area contributed by atoms with Crippen LogP contribution in [0.2, 0.25) is 0 Å². The Morgan fingerprint density at radius 1 is 1.29 bits per heavy atom. The lowest BCUT2D eigenvalue weighted by Crippen LogP contribution is -2.32. The van der Waals surface area contributed by atoms with Gasteiger partial charge in [-0.05, 0) is 18.6 Å². The molecule has 0 atom stereocenters. The molecule has 0 aliphatic rings. The number of aromatic amines is 1. The van der Waals surface area contributed by atoms with Crippen molar-refractivity contribution in [2.24, 2.45) is 0 Å². The van der Waals surface area contributed by atoms with Crippen LogP contribution in [0.25, 0.3) is 11.1 Å². The standard InChI is InChI=1S/C16H18N2O3/c1-11-13(12-6-4-3-5-7-12)10-14(16(20)18-11)15(19)17-8-9-21-2/h3-7,10H,8-9H2,1-2H3,(H,17,19)(H,18,20). The van der Waals surface area contributed by atoms with E-state index >= 15 is 0 Å². The average Bonchev–Trinajstić information content (AvgIpc) is 2.48. The second kappa shape index (κ2) is 6.85. The quantitative estimate of drug-likeness (QED) is 0.822. The van der Waals surface area contributed by atoms with Crippen LogP contribution in [0.15, 0.2) is 41.2 Å². The molecule has 0 spiro atoms. The molecule has 5 nitrogen and oxygen atoms in total. The number of rotatable bonds is 5. The van der Waals surface area contributed by atoms with Gasteiger partial charge in [0, 0.05) is 24.9 Å². The van der Waals surface area contributed by atoms with E-state index in [9.17, 15) is 9.59 Å². The number of ether oxygens (including phenoxy) is 1. The molecule has 0 aliphatic heterocycles. The zero-order valence-corrected chi connectivity index (χ0v) is 12.1. The normalized spacial score (nSPS) is 10.4. The highest BCUT2D eigenvalue weighted by atomic mass is 16.5. The minimum atomic E-state index is -0.398. The molecule has 0 radical (unpaired) electrons. The number of pyridine rings is 1. The molecule has 2 N–H and O–H groups in total. The van der Waals surface area contributed by atoms with Crippen molar-refractivity contribution in [1.82, 2.24) is 10.3 Å². The lowest BCUT2D eigenvalue weighted by molar-refractivity contribution is 0.0935. The van der Waals surface area contributed by atoms with Crippen molar-refractivity contribution in [2.75, 3.05) is 20.3 Å². The summed E-state index contributed by atoms with van der Waals surface area (Å²) in [6, 6.07) is 11.3. The van der Waals surface area contributed by atoms with Gasteiger partial charge in [-0.15, -0.1) is 0 Å². The number of nitrogens with one attached hydrogen (secondary N) is 2. The summed E-state index contributed by atoms with van der Waals surface area (Å²) in [7, 11) is 1.55. The Hall–Kier alpha value is -2.40. The van der Waals surface area contributed by atoms with E-state index in [4.69, 9.17) is 4.74 Å². The van der Waals surface area contributed by atoms with E-state index in [1.165, 1.54) is 0 Å². The predicted octanol–water partition coefficient (Wildman–Crippen LogP) is 1.73. The fourth-order valence-corrected chi connectivity index (χ4v) is 2.07. The van der Waals surface area contributed by atoms with E-state index in [-0.39, 0.29) is 11.1 Å². The van der Waals surface area contributed by atoms with E-state index in [0.717, 1.165) is 16.8 Å². The molecule has 1 aromatic heterocycles. The lowest BCUT2D eigenvalue weighted by Gasteiger charge is -2.09. The molecule has 5 heteroatoms. The number of carbonyl (C=O) groups excluding carboxylic acids is 1. The van der Waals surface area contributed by atoms with Crippen LogP contribution in [-0.2, 0) is 4.74 Å². The summed E-state index contributed by atoms with van der Waals surface area (Å²) in [5, 5.41) is 2.65. The molecule has 2 rings (SSSR count). The van der Waals surface area contributed by atoms with E-state index < -0.39 is 5.91 Å².